The summed E-state index contributed by atoms with van der Waals surface area (Å²) in [7, 11) is 1.60. The molecule has 2 aromatic carbocycles. The minimum Gasteiger partial charge on any atom is -0.496 e. The van der Waals surface area contributed by atoms with Crippen LogP contribution in [0, 0.1) is 0 Å². The summed E-state index contributed by atoms with van der Waals surface area (Å²) in [6, 6.07) is 18.1. The van der Waals surface area contributed by atoms with Gasteiger partial charge >= 0.3 is 0 Å². The highest BCUT2D eigenvalue weighted by Gasteiger charge is 2.16. The van der Waals surface area contributed by atoms with Crippen molar-refractivity contribution in [2.75, 3.05) is 12.4 Å². The van der Waals surface area contributed by atoms with E-state index in [1.54, 1.807) is 19.2 Å². The average Bonchev–Trinajstić information content (AvgIpc) is 3.14. The minimum absolute atomic E-state index is 0.283. The van der Waals surface area contributed by atoms with Crippen LogP contribution in [0.25, 0.3) is 5.65 Å². The molecule has 0 saturated heterocycles. The first-order chi connectivity index (χ1) is 13.7. The SMILES string of the molecule is COc1ccccc1Cc1cc(=O)n2[nH]cc(C(=O)Nc3ccccc3)c2n1. The van der Waals surface area contributed by atoms with E-state index < -0.39 is 0 Å². The molecule has 0 spiro atoms. The Morgan fingerprint density at radius 2 is 1.89 bits per heavy atom. The number of fused-ring (bicyclic) bond motifs is 1. The maximum atomic E-state index is 12.7. The fourth-order valence-electron chi connectivity index (χ4n) is 3.05. The largest absolute Gasteiger partial charge is 0.496 e. The van der Waals surface area contributed by atoms with Gasteiger partial charge < -0.3 is 10.1 Å². The lowest BCUT2D eigenvalue weighted by Gasteiger charge is -2.08. The predicted octanol–water partition coefficient (Wildman–Crippen LogP) is 2.87. The highest BCUT2D eigenvalue weighted by molar-refractivity contribution is 6.08. The second-order valence-electron chi connectivity index (χ2n) is 6.24. The van der Waals surface area contributed by atoms with E-state index in [1.807, 2.05) is 42.5 Å². The van der Waals surface area contributed by atoms with E-state index in [4.69, 9.17) is 4.74 Å². The van der Waals surface area contributed by atoms with Crippen LogP contribution in [0.2, 0.25) is 0 Å². The van der Waals surface area contributed by atoms with Gasteiger partial charge in [-0.05, 0) is 18.2 Å². The number of para-hydroxylation sites is 2. The van der Waals surface area contributed by atoms with Crippen molar-refractivity contribution in [1.82, 2.24) is 14.6 Å². The first-order valence-corrected chi connectivity index (χ1v) is 8.74. The summed E-state index contributed by atoms with van der Waals surface area (Å²) in [5, 5.41) is 5.60. The number of nitrogens with zero attached hydrogens (tertiary/aromatic N) is 2. The van der Waals surface area contributed by atoms with Crippen molar-refractivity contribution in [3.63, 3.8) is 0 Å². The zero-order valence-electron chi connectivity index (χ0n) is 15.2. The summed E-state index contributed by atoms with van der Waals surface area (Å²) in [6.07, 6.45) is 1.90. The Bertz CT molecular complexity index is 1200. The molecule has 0 unspecified atom stereocenters. The van der Waals surface area contributed by atoms with Gasteiger partial charge in [0.05, 0.1) is 12.8 Å². The number of amides is 1. The molecule has 0 aliphatic rings. The van der Waals surface area contributed by atoms with Gasteiger partial charge in [0.25, 0.3) is 11.5 Å². The molecule has 140 valence electrons. The summed E-state index contributed by atoms with van der Waals surface area (Å²) >= 11 is 0. The fraction of sp³-hybridized carbons (Fsp3) is 0.0952. The number of nitrogens with one attached hydrogen (secondary N) is 2. The number of methoxy groups -OCH3 is 1. The van der Waals surface area contributed by atoms with Crippen molar-refractivity contribution < 1.29 is 9.53 Å². The van der Waals surface area contributed by atoms with Crippen molar-refractivity contribution in [3.05, 3.63) is 94.0 Å². The van der Waals surface area contributed by atoms with Gasteiger partial charge in [-0.25, -0.2) is 9.50 Å². The third kappa shape index (κ3) is 3.37. The molecule has 0 fully saturated rings. The number of hydrogen-bond acceptors (Lipinski definition) is 4. The van der Waals surface area contributed by atoms with Gasteiger partial charge in [0.15, 0.2) is 5.65 Å². The predicted molar refractivity (Wildman–Crippen MR) is 106 cm³/mol. The molecule has 0 radical (unpaired) electrons. The topological polar surface area (TPSA) is 88.5 Å². The highest BCUT2D eigenvalue weighted by Crippen LogP contribution is 2.20. The zero-order chi connectivity index (χ0) is 19.5. The van der Waals surface area contributed by atoms with Gasteiger partial charge in [-0.1, -0.05) is 36.4 Å². The number of carbonyl (C=O) groups excluding carboxylic acids is 1. The van der Waals surface area contributed by atoms with Gasteiger partial charge in [0, 0.05) is 29.9 Å². The third-order valence-electron chi connectivity index (χ3n) is 4.39. The van der Waals surface area contributed by atoms with E-state index in [0.29, 0.717) is 23.4 Å². The third-order valence-corrected chi connectivity index (χ3v) is 4.39. The Morgan fingerprint density at radius 3 is 2.68 bits per heavy atom. The van der Waals surface area contributed by atoms with E-state index in [9.17, 15) is 9.59 Å². The number of rotatable bonds is 5. The first-order valence-electron chi connectivity index (χ1n) is 8.74. The molecule has 28 heavy (non-hydrogen) atoms. The van der Waals surface area contributed by atoms with Crippen LogP contribution < -0.4 is 15.6 Å². The van der Waals surface area contributed by atoms with Crippen LogP contribution in [0.5, 0.6) is 5.75 Å². The summed E-state index contributed by atoms with van der Waals surface area (Å²) < 4.78 is 6.62. The lowest BCUT2D eigenvalue weighted by Crippen LogP contribution is -2.18. The van der Waals surface area contributed by atoms with Crippen LogP contribution >= 0.6 is 0 Å². The number of hydrogen-bond donors (Lipinski definition) is 2. The number of ether oxygens (including phenoxy) is 1. The summed E-state index contributed by atoms with van der Waals surface area (Å²) in [4.78, 5) is 29.7. The fourth-order valence-corrected chi connectivity index (χ4v) is 3.05. The molecule has 0 saturated carbocycles. The molecule has 4 rings (SSSR count). The summed E-state index contributed by atoms with van der Waals surface area (Å²) in [6.45, 7) is 0. The molecule has 7 nitrogen and oxygen atoms in total. The van der Waals surface area contributed by atoms with Gasteiger partial charge in [-0.2, -0.15) is 0 Å². The van der Waals surface area contributed by atoms with Crippen LogP contribution in [-0.4, -0.2) is 27.6 Å². The van der Waals surface area contributed by atoms with E-state index in [1.165, 1.54) is 16.8 Å². The van der Waals surface area contributed by atoms with Crippen LogP contribution in [0.4, 0.5) is 5.69 Å². The molecular formula is C21H18N4O3. The Kier molecular flexibility index (Phi) is 4.63. The molecule has 2 heterocycles. The zero-order valence-corrected chi connectivity index (χ0v) is 15.2. The van der Waals surface area contributed by atoms with Crippen LogP contribution in [0.1, 0.15) is 21.6 Å². The number of anilines is 1. The quantitative estimate of drug-likeness (QED) is 0.562. The molecule has 0 aliphatic carbocycles. The first kappa shape index (κ1) is 17.5. The van der Waals surface area contributed by atoms with Crippen molar-refractivity contribution >= 4 is 17.2 Å². The van der Waals surface area contributed by atoms with Crippen molar-refractivity contribution in [3.8, 4) is 5.75 Å². The highest BCUT2D eigenvalue weighted by atomic mass is 16.5. The Labute approximate surface area is 160 Å². The van der Waals surface area contributed by atoms with E-state index >= 15 is 0 Å². The van der Waals surface area contributed by atoms with E-state index in [2.05, 4.69) is 15.4 Å². The average molecular weight is 374 g/mol. The van der Waals surface area contributed by atoms with E-state index in [0.717, 1.165) is 11.3 Å². The van der Waals surface area contributed by atoms with Crippen molar-refractivity contribution in [1.29, 1.82) is 0 Å². The van der Waals surface area contributed by atoms with Gasteiger partial charge in [-0.3, -0.25) is 14.7 Å². The minimum atomic E-state index is -0.341. The monoisotopic (exact) mass is 374 g/mol. The smallest absolute Gasteiger partial charge is 0.272 e. The number of carbonyl (C=O) groups is 1. The lowest BCUT2D eigenvalue weighted by molar-refractivity contribution is 0.102. The molecule has 1 amide bonds. The summed E-state index contributed by atoms with van der Waals surface area (Å²) in [5.41, 5.74) is 2.43. The number of H-pyrrole nitrogens is 1. The van der Waals surface area contributed by atoms with Crippen molar-refractivity contribution in [2.24, 2.45) is 0 Å². The normalized spacial score (nSPS) is 10.8. The molecule has 0 atom stereocenters. The van der Waals surface area contributed by atoms with Crippen LogP contribution in [0.15, 0.2) is 71.7 Å². The lowest BCUT2D eigenvalue weighted by atomic mass is 10.1. The maximum Gasteiger partial charge on any atom is 0.272 e. The molecule has 2 aromatic heterocycles. The molecule has 7 heteroatoms. The van der Waals surface area contributed by atoms with Gasteiger partial charge in [0.1, 0.15) is 11.3 Å². The number of aromatic nitrogens is 3. The van der Waals surface area contributed by atoms with Crippen LogP contribution in [0.3, 0.4) is 0 Å². The van der Waals surface area contributed by atoms with Gasteiger partial charge in [-0.15, -0.1) is 0 Å². The van der Waals surface area contributed by atoms with Crippen LogP contribution in [-0.2, 0) is 6.42 Å². The standard InChI is InChI=1S/C21H18N4O3/c1-28-18-10-6-5-7-14(18)11-16-12-19(26)25-20(23-16)17(13-22-25)21(27)24-15-8-3-2-4-9-15/h2-10,12-13,22H,11H2,1H3,(H,24,27). The number of aromatic amines is 1. The second-order valence-corrected chi connectivity index (χ2v) is 6.24. The maximum absolute atomic E-state index is 12.7. The Balaban J connectivity index is 1.70. The van der Waals surface area contributed by atoms with Gasteiger partial charge in [0.2, 0.25) is 0 Å². The number of benzene rings is 2. The second kappa shape index (κ2) is 7.40. The Hall–Kier alpha value is -3.87. The molecule has 4 aromatic rings. The van der Waals surface area contributed by atoms with E-state index in [-0.39, 0.29) is 17.1 Å². The Morgan fingerprint density at radius 1 is 1.14 bits per heavy atom. The summed E-state index contributed by atoms with van der Waals surface area (Å²) in [5.74, 6) is 0.381. The molecular weight excluding hydrogens is 356 g/mol. The molecule has 0 aliphatic heterocycles. The molecule has 0 bridgehead atoms. The van der Waals surface area contributed by atoms with Crippen molar-refractivity contribution in [2.45, 2.75) is 6.42 Å². The molecule has 2 N–H and O–H groups in total.